The summed E-state index contributed by atoms with van der Waals surface area (Å²) in [5.41, 5.74) is 0.802. The largest absolute Gasteiger partial charge is 0.396 e. The van der Waals surface area contributed by atoms with Crippen LogP contribution in [0.5, 0.6) is 0 Å². The number of carbonyl (C=O) groups is 1. The van der Waals surface area contributed by atoms with Gasteiger partial charge in [-0.2, -0.15) is 11.8 Å². The number of anilines is 1. The Morgan fingerprint density at radius 2 is 2.06 bits per heavy atom. The molecule has 0 heterocycles. The summed E-state index contributed by atoms with van der Waals surface area (Å²) in [6, 6.07) is 7.46. The van der Waals surface area contributed by atoms with Gasteiger partial charge in [-0.05, 0) is 36.4 Å². The number of halogens is 1. The molecule has 88 valence electrons. The Morgan fingerprint density at radius 1 is 1.38 bits per heavy atom. The molecule has 0 fully saturated rings. The molecule has 1 amide bonds. The lowest BCUT2D eigenvalue weighted by Crippen LogP contribution is -2.14. The lowest BCUT2D eigenvalue weighted by atomic mass is 10.3. The smallest absolute Gasteiger partial charge is 0.234 e. The molecule has 1 aromatic carbocycles. The number of rotatable bonds is 6. The molecule has 0 aliphatic rings. The molecule has 5 heteroatoms. The van der Waals surface area contributed by atoms with Gasteiger partial charge in [0, 0.05) is 16.8 Å². The highest BCUT2D eigenvalue weighted by atomic mass is 79.9. The maximum Gasteiger partial charge on any atom is 0.234 e. The summed E-state index contributed by atoms with van der Waals surface area (Å²) in [5.74, 6) is 1.23. The van der Waals surface area contributed by atoms with Gasteiger partial charge in [0.2, 0.25) is 5.91 Å². The van der Waals surface area contributed by atoms with Crippen molar-refractivity contribution in [1.29, 1.82) is 0 Å². The van der Waals surface area contributed by atoms with Gasteiger partial charge in [0.1, 0.15) is 0 Å². The van der Waals surface area contributed by atoms with Crippen LogP contribution in [0.1, 0.15) is 6.42 Å². The van der Waals surface area contributed by atoms with Crippen molar-refractivity contribution < 1.29 is 9.90 Å². The zero-order chi connectivity index (χ0) is 11.8. The number of hydrogen-bond donors (Lipinski definition) is 2. The topological polar surface area (TPSA) is 49.3 Å². The van der Waals surface area contributed by atoms with Crippen LogP contribution < -0.4 is 5.32 Å². The summed E-state index contributed by atoms with van der Waals surface area (Å²) in [6.07, 6.45) is 0.732. The molecule has 0 saturated heterocycles. The second kappa shape index (κ2) is 7.70. The van der Waals surface area contributed by atoms with Crippen LogP contribution >= 0.6 is 27.7 Å². The molecule has 0 aromatic heterocycles. The number of carbonyl (C=O) groups excluding carboxylic acids is 1. The van der Waals surface area contributed by atoms with Crippen LogP contribution in [0.15, 0.2) is 28.7 Å². The molecule has 0 radical (unpaired) electrons. The third kappa shape index (κ3) is 5.53. The van der Waals surface area contributed by atoms with E-state index in [9.17, 15) is 4.79 Å². The first kappa shape index (κ1) is 13.5. The highest BCUT2D eigenvalue weighted by Gasteiger charge is 2.01. The summed E-state index contributed by atoms with van der Waals surface area (Å²) < 4.78 is 0.989. The third-order valence-corrected chi connectivity index (χ3v) is 3.38. The fourth-order valence-corrected chi connectivity index (χ4v) is 2.06. The molecule has 0 spiro atoms. The number of hydrogen-bond acceptors (Lipinski definition) is 3. The maximum absolute atomic E-state index is 11.5. The monoisotopic (exact) mass is 303 g/mol. The normalized spacial score (nSPS) is 10.1. The van der Waals surface area contributed by atoms with Crippen LogP contribution in [-0.2, 0) is 4.79 Å². The first-order valence-electron chi connectivity index (χ1n) is 4.96. The minimum Gasteiger partial charge on any atom is -0.396 e. The molecule has 3 nitrogen and oxygen atoms in total. The Balaban J connectivity index is 2.26. The fraction of sp³-hybridized carbons (Fsp3) is 0.364. The molecule has 16 heavy (non-hydrogen) atoms. The zero-order valence-corrected chi connectivity index (χ0v) is 11.2. The van der Waals surface area contributed by atoms with Gasteiger partial charge in [0.05, 0.1) is 5.75 Å². The third-order valence-electron chi connectivity index (χ3n) is 1.81. The van der Waals surface area contributed by atoms with E-state index in [4.69, 9.17) is 5.11 Å². The SMILES string of the molecule is O=C(CSCCCO)Nc1ccc(Br)cc1. The lowest BCUT2D eigenvalue weighted by Gasteiger charge is -2.04. The Kier molecular flexibility index (Phi) is 6.52. The van der Waals surface area contributed by atoms with E-state index in [-0.39, 0.29) is 12.5 Å². The molecule has 2 N–H and O–H groups in total. The predicted octanol–water partition coefficient (Wildman–Crippen LogP) is 2.50. The summed E-state index contributed by atoms with van der Waals surface area (Å²) in [5, 5.41) is 11.4. The van der Waals surface area contributed by atoms with Crippen molar-refractivity contribution in [2.75, 3.05) is 23.4 Å². The average Bonchev–Trinajstić information content (AvgIpc) is 2.28. The Hall–Kier alpha value is -0.520. The minimum atomic E-state index is -0.00902. The van der Waals surface area contributed by atoms with Gasteiger partial charge in [-0.25, -0.2) is 0 Å². The Morgan fingerprint density at radius 3 is 2.69 bits per heavy atom. The van der Waals surface area contributed by atoms with Gasteiger partial charge in [-0.3, -0.25) is 4.79 Å². The number of aliphatic hydroxyl groups is 1. The number of benzene rings is 1. The average molecular weight is 304 g/mol. The van der Waals surface area contributed by atoms with E-state index in [2.05, 4.69) is 21.2 Å². The summed E-state index contributed by atoms with van der Waals surface area (Å²) in [7, 11) is 0. The summed E-state index contributed by atoms with van der Waals surface area (Å²) >= 11 is 4.86. The highest BCUT2D eigenvalue weighted by Crippen LogP contribution is 2.14. The quantitative estimate of drug-likeness (QED) is 0.794. The second-order valence-electron chi connectivity index (χ2n) is 3.18. The van der Waals surface area contributed by atoms with E-state index in [1.807, 2.05) is 24.3 Å². The van der Waals surface area contributed by atoms with Crippen molar-refractivity contribution in [3.05, 3.63) is 28.7 Å². The molecule has 0 atom stereocenters. The van der Waals surface area contributed by atoms with Gasteiger partial charge in [0.15, 0.2) is 0 Å². The van der Waals surface area contributed by atoms with Crippen LogP contribution in [0.3, 0.4) is 0 Å². The molecule has 1 rings (SSSR count). The first-order valence-corrected chi connectivity index (χ1v) is 6.91. The van der Waals surface area contributed by atoms with Crippen LogP contribution in [0.2, 0.25) is 0 Å². The van der Waals surface area contributed by atoms with Crippen LogP contribution in [-0.4, -0.2) is 29.1 Å². The molecular formula is C11H14BrNO2S. The first-order chi connectivity index (χ1) is 7.72. The van der Waals surface area contributed by atoms with Gasteiger partial charge in [-0.1, -0.05) is 15.9 Å². The van der Waals surface area contributed by atoms with E-state index < -0.39 is 0 Å². The molecule has 1 aromatic rings. The van der Waals surface area contributed by atoms with E-state index in [1.54, 1.807) is 0 Å². The van der Waals surface area contributed by atoms with E-state index >= 15 is 0 Å². The second-order valence-corrected chi connectivity index (χ2v) is 5.21. The predicted molar refractivity (Wildman–Crippen MR) is 71.8 cm³/mol. The van der Waals surface area contributed by atoms with Gasteiger partial charge < -0.3 is 10.4 Å². The van der Waals surface area contributed by atoms with Crippen molar-refractivity contribution in [2.45, 2.75) is 6.42 Å². The number of nitrogens with one attached hydrogen (secondary N) is 1. The molecule has 0 aliphatic heterocycles. The van der Waals surface area contributed by atoms with Crippen molar-refractivity contribution in [3.8, 4) is 0 Å². The van der Waals surface area contributed by atoms with E-state index in [1.165, 1.54) is 11.8 Å². The standard InChI is InChI=1S/C11H14BrNO2S/c12-9-2-4-10(5-3-9)13-11(15)8-16-7-1-6-14/h2-5,14H,1,6-8H2,(H,13,15). The van der Waals surface area contributed by atoms with Crippen LogP contribution in [0.4, 0.5) is 5.69 Å². The summed E-state index contributed by atoms with van der Waals surface area (Å²) in [4.78, 5) is 11.5. The van der Waals surface area contributed by atoms with Crippen molar-refractivity contribution in [2.24, 2.45) is 0 Å². The lowest BCUT2D eigenvalue weighted by molar-refractivity contribution is -0.113. The molecule has 0 aliphatic carbocycles. The molecule has 0 unspecified atom stereocenters. The summed E-state index contributed by atoms with van der Waals surface area (Å²) in [6.45, 7) is 0.182. The van der Waals surface area contributed by atoms with Gasteiger partial charge in [-0.15, -0.1) is 0 Å². The van der Waals surface area contributed by atoms with E-state index in [0.29, 0.717) is 5.75 Å². The van der Waals surface area contributed by atoms with Gasteiger partial charge >= 0.3 is 0 Å². The highest BCUT2D eigenvalue weighted by molar-refractivity contribution is 9.10. The Bertz CT molecular complexity index is 329. The molecular weight excluding hydrogens is 290 g/mol. The van der Waals surface area contributed by atoms with Crippen LogP contribution in [0.25, 0.3) is 0 Å². The number of aliphatic hydroxyl groups excluding tert-OH is 1. The Labute approximate surface area is 108 Å². The number of thioether (sulfide) groups is 1. The zero-order valence-electron chi connectivity index (χ0n) is 8.78. The fourth-order valence-electron chi connectivity index (χ4n) is 1.06. The maximum atomic E-state index is 11.5. The molecule has 0 bridgehead atoms. The number of amides is 1. The van der Waals surface area contributed by atoms with Crippen LogP contribution in [0, 0.1) is 0 Å². The van der Waals surface area contributed by atoms with Crippen molar-refractivity contribution in [1.82, 2.24) is 0 Å². The van der Waals surface area contributed by atoms with Crippen molar-refractivity contribution >= 4 is 39.3 Å². The van der Waals surface area contributed by atoms with E-state index in [0.717, 1.165) is 22.3 Å². The minimum absolute atomic E-state index is 0.00902. The van der Waals surface area contributed by atoms with Crippen molar-refractivity contribution in [3.63, 3.8) is 0 Å². The molecule has 0 saturated carbocycles. The van der Waals surface area contributed by atoms with Gasteiger partial charge in [0.25, 0.3) is 0 Å².